The molecular weight excluding hydrogens is 278 g/mol. The van der Waals surface area contributed by atoms with Crippen molar-refractivity contribution >= 4 is 16.7 Å². The Hall–Kier alpha value is -2.82. The molecule has 0 saturated heterocycles. The molecule has 110 valence electrons. The summed E-state index contributed by atoms with van der Waals surface area (Å²) in [5, 5.41) is 4.41. The second kappa shape index (κ2) is 5.18. The molecule has 2 heterocycles. The predicted molar refractivity (Wildman–Crippen MR) is 84.2 cm³/mol. The summed E-state index contributed by atoms with van der Waals surface area (Å²) in [6.45, 7) is 3.01. The van der Waals surface area contributed by atoms with Crippen molar-refractivity contribution in [2.75, 3.05) is 12.1 Å². The summed E-state index contributed by atoms with van der Waals surface area (Å²) in [6, 6.07) is 12.1. The molecule has 22 heavy (non-hydrogen) atoms. The lowest BCUT2D eigenvalue weighted by molar-refractivity contribution is 0.174. The minimum absolute atomic E-state index is 0.294. The number of hydrogen-bond acceptors (Lipinski definition) is 5. The number of aryl methyl sites for hydroxylation is 1. The highest BCUT2D eigenvalue weighted by Gasteiger charge is 2.13. The van der Waals surface area contributed by atoms with Crippen molar-refractivity contribution in [1.29, 1.82) is 0 Å². The minimum atomic E-state index is 0.294. The van der Waals surface area contributed by atoms with E-state index in [0.717, 1.165) is 39.3 Å². The third-order valence-corrected chi connectivity index (χ3v) is 3.76. The van der Waals surface area contributed by atoms with Crippen molar-refractivity contribution in [2.24, 2.45) is 0 Å². The van der Waals surface area contributed by atoms with Gasteiger partial charge < -0.3 is 14.8 Å². The molecule has 1 aromatic heterocycles. The van der Waals surface area contributed by atoms with E-state index in [0.29, 0.717) is 13.3 Å². The number of para-hydroxylation sites is 1. The minimum Gasteiger partial charge on any atom is -0.454 e. The molecule has 0 spiro atoms. The average Bonchev–Trinajstić information content (AvgIpc) is 3.01. The summed E-state index contributed by atoms with van der Waals surface area (Å²) in [7, 11) is 0. The molecular formula is C17H15N3O2. The van der Waals surface area contributed by atoms with E-state index in [1.54, 1.807) is 6.33 Å². The van der Waals surface area contributed by atoms with Gasteiger partial charge in [0.2, 0.25) is 6.79 Å². The fourth-order valence-corrected chi connectivity index (χ4v) is 2.61. The average molecular weight is 293 g/mol. The van der Waals surface area contributed by atoms with Gasteiger partial charge in [0.05, 0.1) is 5.52 Å². The second-order valence-corrected chi connectivity index (χ2v) is 5.23. The van der Waals surface area contributed by atoms with Gasteiger partial charge in [-0.05, 0) is 36.2 Å². The van der Waals surface area contributed by atoms with Gasteiger partial charge in [0, 0.05) is 11.9 Å². The van der Waals surface area contributed by atoms with Crippen LogP contribution in [0.1, 0.15) is 11.1 Å². The van der Waals surface area contributed by atoms with Crippen LogP contribution in [-0.4, -0.2) is 16.8 Å². The zero-order valence-electron chi connectivity index (χ0n) is 12.2. The maximum absolute atomic E-state index is 5.40. The standard InChI is InChI=1S/C17H15N3O2/c1-11-3-2-4-13-16(11)19-9-20-17(13)18-8-12-5-6-14-15(7-12)22-10-21-14/h2-7,9H,8,10H2,1H3,(H,18,19,20). The number of rotatable bonds is 3. The van der Waals surface area contributed by atoms with E-state index < -0.39 is 0 Å². The maximum Gasteiger partial charge on any atom is 0.231 e. The van der Waals surface area contributed by atoms with Crippen LogP contribution in [-0.2, 0) is 6.54 Å². The molecule has 5 heteroatoms. The highest BCUT2D eigenvalue weighted by molar-refractivity contribution is 5.90. The molecule has 1 N–H and O–H groups in total. The second-order valence-electron chi connectivity index (χ2n) is 5.23. The van der Waals surface area contributed by atoms with Gasteiger partial charge in [-0.3, -0.25) is 0 Å². The summed E-state index contributed by atoms with van der Waals surface area (Å²) in [5.74, 6) is 2.43. The lowest BCUT2D eigenvalue weighted by atomic mass is 10.1. The van der Waals surface area contributed by atoms with E-state index in [2.05, 4.69) is 28.3 Å². The van der Waals surface area contributed by atoms with Crippen LogP contribution in [0.15, 0.2) is 42.7 Å². The smallest absolute Gasteiger partial charge is 0.231 e. The zero-order chi connectivity index (χ0) is 14.9. The van der Waals surface area contributed by atoms with E-state index in [9.17, 15) is 0 Å². The Morgan fingerprint density at radius 2 is 2.00 bits per heavy atom. The molecule has 1 aliphatic heterocycles. The fourth-order valence-electron chi connectivity index (χ4n) is 2.61. The number of nitrogens with zero attached hydrogens (tertiary/aromatic N) is 2. The predicted octanol–water partition coefficient (Wildman–Crippen LogP) is 3.28. The molecule has 0 fully saturated rings. The van der Waals surface area contributed by atoms with Crippen LogP contribution in [0.5, 0.6) is 11.5 Å². The van der Waals surface area contributed by atoms with Crippen LogP contribution in [0.4, 0.5) is 5.82 Å². The van der Waals surface area contributed by atoms with Crippen LogP contribution >= 0.6 is 0 Å². The molecule has 3 aromatic rings. The first kappa shape index (κ1) is 12.9. The third kappa shape index (κ3) is 2.20. The normalized spacial score (nSPS) is 12.6. The van der Waals surface area contributed by atoms with Gasteiger partial charge in [0.1, 0.15) is 12.1 Å². The van der Waals surface area contributed by atoms with Crippen molar-refractivity contribution in [3.05, 3.63) is 53.9 Å². The van der Waals surface area contributed by atoms with Crippen molar-refractivity contribution < 1.29 is 9.47 Å². The monoisotopic (exact) mass is 293 g/mol. The number of hydrogen-bond donors (Lipinski definition) is 1. The number of benzene rings is 2. The van der Waals surface area contributed by atoms with Crippen LogP contribution in [0.25, 0.3) is 10.9 Å². The maximum atomic E-state index is 5.40. The van der Waals surface area contributed by atoms with Crippen molar-refractivity contribution in [1.82, 2.24) is 9.97 Å². The summed E-state index contributed by atoms with van der Waals surface area (Å²) < 4.78 is 10.7. The van der Waals surface area contributed by atoms with Crippen molar-refractivity contribution in [3.63, 3.8) is 0 Å². The van der Waals surface area contributed by atoms with Gasteiger partial charge in [-0.2, -0.15) is 0 Å². The quantitative estimate of drug-likeness (QED) is 0.803. The number of fused-ring (bicyclic) bond motifs is 2. The van der Waals surface area contributed by atoms with Crippen LogP contribution in [0.2, 0.25) is 0 Å². The Morgan fingerprint density at radius 1 is 1.09 bits per heavy atom. The summed E-state index contributed by atoms with van der Waals surface area (Å²) in [5.41, 5.74) is 3.24. The summed E-state index contributed by atoms with van der Waals surface area (Å²) in [6.07, 6.45) is 1.59. The van der Waals surface area contributed by atoms with Crippen LogP contribution < -0.4 is 14.8 Å². The lowest BCUT2D eigenvalue weighted by Crippen LogP contribution is -2.03. The van der Waals surface area contributed by atoms with E-state index in [1.807, 2.05) is 30.3 Å². The molecule has 0 aliphatic carbocycles. The van der Waals surface area contributed by atoms with Crippen LogP contribution in [0, 0.1) is 6.92 Å². The van der Waals surface area contributed by atoms with E-state index in [4.69, 9.17) is 9.47 Å². The van der Waals surface area contributed by atoms with E-state index in [-0.39, 0.29) is 0 Å². The molecule has 0 amide bonds. The van der Waals surface area contributed by atoms with Gasteiger partial charge in [-0.15, -0.1) is 0 Å². The van der Waals surface area contributed by atoms with E-state index >= 15 is 0 Å². The molecule has 0 saturated carbocycles. The van der Waals surface area contributed by atoms with Gasteiger partial charge in [-0.25, -0.2) is 9.97 Å². The lowest BCUT2D eigenvalue weighted by Gasteiger charge is -2.09. The van der Waals surface area contributed by atoms with Gasteiger partial charge in [0.15, 0.2) is 11.5 Å². The number of anilines is 1. The molecule has 4 rings (SSSR count). The number of ether oxygens (including phenoxy) is 2. The highest BCUT2D eigenvalue weighted by atomic mass is 16.7. The van der Waals surface area contributed by atoms with Gasteiger partial charge in [0.25, 0.3) is 0 Å². The Balaban J connectivity index is 1.61. The highest BCUT2D eigenvalue weighted by Crippen LogP contribution is 2.32. The Kier molecular flexibility index (Phi) is 3.04. The largest absolute Gasteiger partial charge is 0.454 e. The van der Waals surface area contributed by atoms with Crippen LogP contribution in [0.3, 0.4) is 0 Å². The third-order valence-electron chi connectivity index (χ3n) is 3.76. The first-order valence-corrected chi connectivity index (χ1v) is 7.14. The summed E-state index contributed by atoms with van der Waals surface area (Å²) in [4.78, 5) is 8.71. The number of aromatic nitrogens is 2. The first-order chi connectivity index (χ1) is 10.8. The summed E-state index contributed by atoms with van der Waals surface area (Å²) >= 11 is 0. The first-order valence-electron chi connectivity index (χ1n) is 7.14. The Bertz CT molecular complexity index is 848. The molecule has 2 aromatic carbocycles. The molecule has 0 atom stereocenters. The molecule has 0 bridgehead atoms. The molecule has 0 radical (unpaired) electrons. The molecule has 0 unspecified atom stereocenters. The van der Waals surface area contributed by atoms with Gasteiger partial charge >= 0.3 is 0 Å². The number of nitrogens with one attached hydrogen (secondary N) is 1. The topological polar surface area (TPSA) is 56.3 Å². The SMILES string of the molecule is Cc1cccc2c(NCc3ccc4c(c3)OCO4)ncnc12. The Morgan fingerprint density at radius 3 is 2.95 bits per heavy atom. The van der Waals surface area contributed by atoms with Crippen molar-refractivity contribution in [3.8, 4) is 11.5 Å². The molecule has 5 nitrogen and oxygen atoms in total. The molecule has 1 aliphatic rings. The van der Waals surface area contributed by atoms with Crippen molar-refractivity contribution in [2.45, 2.75) is 13.5 Å². The van der Waals surface area contributed by atoms with E-state index in [1.165, 1.54) is 0 Å². The van der Waals surface area contributed by atoms with Gasteiger partial charge in [-0.1, -0.05) is 18.2 Å². The Labute approximate surface area is 127 Å². The fraction of sp³-hybridized carbons (Fsp3) is 0.176. The zero-order valence-corrected chi connectivity index (χ0v) is 12.2.